The average molecular weight is 299 g/mol. The van der Waals surface area contributed by atoms with Crippen molar-refractivity contribution in [1.29, 1.82) is 0 Å². The lowest BCUT2D eigenvalue weighted by molar-refractivity contribution is -0.121. The van der Waals surface area contributed by atoms with Gasteiger partial charge in [-0.25, -0.2) is 0 Å². The highest BCUT2D eigenvalue weighted by Gasteiger charge is 2.26. The second kappa shape index (κ2) is 5.65. The molecule has 0 unspecified atom stereocenters. The van der Waals surface area contributed by atoms with Crippen LogP contribution in [0.2, 0.25) is 0 Å². The number of rotatable bonds is 4. The van der Waals surface area contributed by atoms with Gasteiger partial charge in [0.1, 0.15) is 0 Å². The first-order chi connectivity index (χ1) is 7.88. The van der Waals surface area contributed by atoms with E-state index < -0.39 is 5.54 Å². The fraction of sp³-hybridized carbons (Fsp3) is 0.462. The smallest absolute Gasteiger partial charge is 0.244 e. The topological polar surface area (TPSA) is 41.1 Å². The summed E-state index contributed by atoms with van der Waals surface area (Å²) in [7, 11) is 0. The van der Waals surface area contributed by atoms with E-state index in [9.17, 15) is 4.79 Å². The van der Waals surface area contributed by atoms with E-state index in [2.05, 4.69) is 26.6 Å². The highest BCUT2D eigenvalue weighted by molar-refractivity contribution is 9.10. The Morgan fingerprint density at radius 2 is 2.06 bits per heavy atom. The largest absolute Gasteiger partial charge is 0.323 e. The molecule has 0 radical (unpaired) electrons. The van der Waals surface area contributed by atoms with Gasteiger partial charge in [-0.05, 0) is 54.9 Å². The van der Waals surface area contributed by atoms with E-state index in [1.165, 1.54) is 0 Å². The third-order valence-electron chi connectivity index (χ3n) is 2.63. The lowest BCUT2D eigenvalue weighted by atomic mass is 10.0. The SMILES string of the molecule is CCNC(C)(C)C(=O)Nc1cccc(C)c1Br. The molecule has 0 fully saturated rings. The number of likely N-dealkylation sites (N-methyl/N-ethyl adjacent to an activating group) is 1. The Balaban J connectivity index is 2.85. The summed E-state index contributed by atoms with van der Waals surface area (Å²) in [4.78, 5) is 12.1. The van der Waals surface area contributed by atoms with Crippen LogP contribution in [0.3, 0.4) is 0 Å². The second-order valence-corrected chi connectivity index (χ2v) is 5.34. The van der Waals surface area contributed by atoms with Gasteiger partial charge in [0.25, 0.3) is 0 Å². The van der Waals surface area contributed by atoms with E-state index in [1.807, 2.05) is 45.9 Å². The number of carbonyl (C=O) groups is 1. The van der Waals surface area contributed by atoms with Crippen molar-refractivity contribution >= 4 is 27.5 Å². The molecule has 0 bridgehead atoms. The number of halogens is 1. The molecule has 3 nitrogen and oxygen atoms in total. The molecule has 1 aromatic carbocycles. The molecule has 94 valence electrons. The monoisotopic (exact) mass is 298 g/mol. The number of anilines is 1. The maximum atomic E-state index is 12.1. The van der Waals surface area contributed by atoms with Gasteiger partial charge in [0.05, 0.1) is 11.2 Å². The van der Waals surface area contributed by atoms with Crippen LogP contribution in [0.25, 0.3) is 0 Å². The molecule has 0 aliphatic heterocycles. The van der Waals surface area contributed by atoms with E-state index >= 15 is 0 Å². The van der Waals surface area contributed by atoms with Gasteiger partial charge in [0.2, 0.25) is 5.91 Å². The molecule has 4 heteroatoms. The molecular formula is C13H19BrN2O. The minimum absolute atomic E-state index is 0.0364. The molecule has 0 atom stereocenters. The summed E-state index contributed by atoms with van der Waals surface area (Å²) in [5.41, 5.74) is 1.34. The summed E-state index contributed by atoms with van der Waals surface area (Å²) < 4.78 is 0.931. The van der Waals surface area contributed by atoms with Gasteiger partial charge in [-0.1, -0.05) is 19.1 Å². The Bertz CT molecular complexity index is 416. The van der Waals surface area contributed by atoms with Crippen LogP contribution >= 0.6 is 15.9 Å². The van der Waals surface area contributed by atoms with E-state index in [1.54, 1.807) is 0 Å². The molecule has 0 aliphatic carbocycles. The Hall–Kier alpha value is -0.870. The maximum Gasteiger partial charge on any atom is 0.244 e. The summed E-state index contributed by atoms with van der Waals surface area (Å²) >= 11 is 3.48. The van der Waals surface area contributed by atoms with Crippen molar-refractivity contribution in [3.8, 4) is 0 Å². The van der Waals surface area contributed by atoms with Crippen LogP contribution in [0.5, 0.6) is 0 Å². The maximum absolute atomic E-state index is 12.1. The number of aryl methyl sites for hydroxylation is 1. The van der Waals surface area contributed by atoms with Crippen LogP contribution in [-0.2, 0) is 4.79 Å². The van der Waals surface area contributed by atoms with Crippen molar-refractivity contribution in [2.45, 2.75) is 33.2 Å². The quantitative estimate of drug-likeness (QED) is 0.897. The molecule has 0 saturated heterocycles. The van der Waals surface area contributed by atoms with E-state index in [0.29, 0.717) is 0 Å². The number of hydrogen-bond donors (Lipinski definition) is 2. The first-order valence-corrected chi connectivity index (χ1v) is 6.49. The summed E-state index contributed by atoms with van der Waals surface area (Å²) in [6.45, 7) is 8.48. The highest BCUT2D eigenvalue weighted by atomic mass is 79.9. The number of benzene rings is 1. The van der Waals surface area contributed by atoms with Gasteiger partial charge in [-0.3, -0.25) is 4.79 Å². The first-order valence-electron chi connectivity index (χ1n) is 5.70. The van der Waals surface area contributed by atoms with Crippen LogP contribution < -0.4 is 10.6 Å². The third kappa shape index (κ3) is 3.54. The molecule has 0 spiro atoms. The highest BCUT2D eigenvalue weighted by Crippen LogP contribution is 2.26. The van der Waals surface area contributed by atoms with Crippen molar-refractivity contribution in [3.05, 3.63) is 28.2 Å². The minimum atomic E-state index is -0.571. The lowest BCUT2D eigenvalue weighted by Crippen LogP contribution is -2.49. The molecule has 1 rings (SSSR count). The fourth-order valence-corrected chi connectivity index (χ4v) is 1.91. The summed E-state index contributed by atoms with van der Waals surface area (Å²) in [5, 5.41) is 6.08. The summed E-state index contributed by atoms with van der Waals surface area (Å²) in [5.74, 6) is -0.0364. The van der Waals surface area contributed by atoms with Gasteiger partial charge in [0.15, 0.2) is 0 Å². The minimum Gasteiger partial charge on any atom is -0.323 e. The number of hydrogen-bond acceptors (Lipinski definition) is 2. The number of carbonyl (C=O) groups excluding carboxylic acids is 1. The predicted octanol–water partition coefficient (Wildman–Crippen LogP) is 3.08. The van der Waals surface area contributed by atoms with Gasteiger partial charge in [0, 0.05) is 4.47 Å². The van der Waals surface area contributed by atoms with Crippen LogP contribution in [0.1, 0.15) is 26.3 Å². The van der Waals surface area contributed by atoms with Gasteiger partial charge >= 0.3 is 0 Å². The number of nitrogens with one attached hydrogen (secondary N) is 2. The zero-order valence-corrected chi connectivity index (χ0v) is 12.3. The molecule has 17 heavy (non-hydrogen) atoms. The predicted molar refractivity (Wildman–Crippen MR) is 75.3 cm³/mol. The first kappa shape index (κ1) is 14.2. The van der Waals surface area contributed by atoms with Crippen LogP contribution in [0, 0.1) is 6.92 Å². The molecule has 1 amide bonds. The Morgan fingerprint density at radius 3 is 2.65 bits per heavy atom. The molecule has 2 N–H and O–H groups in total. The van der Waals surface area contributed by atoms with Crippen molar-refractivity contribution in [1.82, 2.24) is 5.32 Å². The molecule has 0 heterocycles. The molecule has 0 saturated carbocycles. The van der Waals surface area contributed by atoms with E-state index in [-0.39, 0.29) is 5.91 Å². The average Bonchev–Trinajstić information content (AvgIpc) is 2.24. The standard InChI is InChI=1S/C13H19BrN2O/c1-5-15-13(3,4)12(17)16-10-8-6-7-9(2)11(10)14/h6-8,15H,5H2,1-4H3,(H,16,17). The van der Waals surface area contributed by atoms with Crippen LogP contribution in [0.15, 0.2) is 22.7 Å². The van der Waals surface area contributed by atoms with Crippen molar-refractivity contribution < 1.29 is 4.79 Å². The Labute approximate surface area is 111 Å². The van der Waals surface area contributed by atoms with Crippen LogP contribution in [-0.4, -0.2) is 18.0 Å². The molecular weight excluding hydrogens is 280 g/mol. The van der Waals surface area contributed by atoms with Gasteiger partial charge < -0.3 is 10.6 Å². The van der Waals surface area contributed by atoms with Crippen molar-refractivity contribution in [3.63, 3.8) is 0 Å². The molecule has 0 aliphatic rings. The van der Waals surface area contributed by atoms with Crippen molar-refractivity contribution in [2.24, 2.45) is 0 Å². The van der Waals surface area contributed by atoms with E-state index in [0.717, 1.165) is 22.3 Å². The third-order valence-corrected chi connectivity index (χ3v) is 3.68. The summed E-state index contributed by atoms with van der Waals surface area (Å²) in [6.07, 6.45) is 0. The fourth-order valence-electron chi connectivity index (χ4n) is 1.54. The Morgan fingerprint density at radius 1 is 1.41 bits per heavy atom. The van der Waals surface area contributed by atoms with Gasteiger partial charge in [-0.2, -0.15) is 0 Å². The van der Waals surface area contributed by atoms with Crippen molar-refractivity contribution in [2.75, 3.05) is 11.9 Å². The molecule has 1 aromatic rings. The second-order valence-electron chi connectivity index (χ2n) is 4.55. The Kier molecular flexibility index (Phi) is 4.71. The number of amides is 1. The normalized spacial score (nSPS) is 11.4. The molecule has 0 aromatic heterocycles. The zero-order valence-electron chi connectivity index (χ0n) is 10.7. The zero-order chi connectivity index (χ0) is 13.1. The van der Waals surface area contributed by atoms with Gasteiger partial charge in [-0.15, -0.1) is 0 Å². The van der Waals surface area contributed by atoms with Crippen LogP contribution in [0.4, 0.5) is 5.69 Å². The van der Waals surface area contributed by atoms with E-state index in [4.69, 9.17) is 0 Å². The lowest BCUT2D eigenvalue weighted by Gasteiger charge is -2.24. The summed E-state index contributed by atoms with van der Waals surface area (Å²) in [6, 6.07) is 5.81.